The van der Waals surface area contributed by atoms with Gasteiger partial charge < -0.3 is 26.0 Å². The molecule has 0 radical (unpaired) electrons. The molecule has 23 heavy (non-hydrogen) atoms. The van der Waals surface area contributed by atoms with Gasteiger partial charge in [-0.2, -0.15) is 0 Å². The zero-order valence-corrected chi connectivity index (χ0v) is 13.1. The minimum Gasteiger partial charge on any atom is -0.481 e. The average molecular weight is 326 g/mol. The highest BCUT2D eigenvalue weighted by Gasteiger charge is 2.13. The van der Waals surface area contributed by atoms with Crippen molar-refractivity contribution in [3.8, 4) is 0 Å². The highest BCUT2D eigenvalue weighted by molar-refractivity contribution is 5.96. The van der Waals surface area contributed by atoms with Gasteiger partial charge in [-0.05, 0) is 24.6 Å². The van der Waals surface area contributed by atoms with Crippen LogP contribution in [0, 0.1) is 6.92 Å². The van der Waals surface area contributed by atoms with Crippen LogP contribution in [-0.2, 0) is 4.79 Å². The molecule has 1 aromatic carbocycles. The fourth-order valence-electron chi connectivity index (χ4n) is 1.70. The second-order valence-corrected chi connectivity index (χ2v) is 4.61. The van der Waals surface area contributed by atoms with E-state index < -0.39 is 17.9 Å². The molecule has 0 bridgehead atoms. The molecule has 5 N–H and O–H groups in total. The van der Waals surface area contributed by atoms with Gasteiger partial charge in [-0.15, -0.1) is 0 Å². The summed E-state index contributed by atoms with van der Waals surface area (Å²) in [6, 6.07) is 4.17. The third-order valence-electron chi connectivity index (χ3n) is 2.75. The van der Waals surface area contributed by atoms with Crippen LogP contribution in [0.4, 0.5) is 0 Å². The van der Waals surface area contributed by atoms with Gasteiger partial charge in [0.25, 0.3) is 5.97 Å². The molecule has 1 aliphatic rings. The largest absolute Gasteiger partial charge is 0.481 e. The Morgan fingerprint density at radius 1 is 0.870 bits per heavy atom. The van der Waals surface area contributed by atoms with Crippen molar-refractivity contribution in [1.82, 2.24) is 10.6 Å². The number of carbonyl (C=O) groups is 3. The molecule has 8 heteroatoms. The first kappa shape index (κ1) is 20.6. The molecule has 0 spiro atoms. The van der Waals surface area contributed by atoms with Gasteiger partial charge in [0, 0.05) is 33.1 Å². The zero-order valence-electron chi connectivity index (χ0n) is 13.1. The number of piperazine rings is 1. The summed E-state index contributed by atoms with van der Waals surface area (Å²) < 4.78 is 0. The number of benzene rings is 1. The number of nitrogens with one attached hydrogen (secondary N) is 2. The summed E-state index contributed by atoms with van der Waals surface area (Å²) in [4.78, 5) is 30.2. The smallest absolute Gasteiger partial charge is 0.335 e. The van der Waals surface area contributed by atoms with Crippen molar-refractivity contribution in [1.29, 1.82) is 0 Å². The number of aliphatic carboxylic acids is 1. The van der Waals surface area contributed by atoms with E-state index in [1.807, 2.05) is 0 Å². The molecule has 0 unspecified atom stereocenters. The first-order valence-electron chi connectivity index (χ1n) is 6.94. The third-order valence-corrected chi connectivity index (χ3v) is 2.75. The predicted octanol–water partition coefficient (Wildman–Crippen LogP) is 0.662. The Hall–Kier alpha value is -2.45. The van der Waals surface area contributed by atoms with Crippen molar-refractivity contribution < 1.29 is 29.7 Å². The second kappa shape index (κ2) is 11.2. The summed E-state index contributed by atoms with van der Waals surface area (Å²) in [5.41, 5.74) is 0.335. The summed E-state index contributed by atoms with van der Waals surface area (Å²) in [5.74, 6) is -3.05. The number of aromatic carboxylic acids is 2. The maximum Gasteiger partial charge on any atom is 0.335 e. The SMILES string of the molecule is C1CNCCN1.CC(=O)O.Cc1c(C(=O)O)cccc1C(=O)O. The molecule has 0 aliphatic carbocycles. The van der Waals surface area contributed by atoms with Crippen LogP contribution in [-0.4, -0.2) is 59.4 Å². The van der Waals surface area contributed by atoms with Gasteiger partial charge in [-0.3, -0.25) is 4.79 Å². The van der Waals surface area contributed by atoms with Gasteiger partial charge in [0.15, 0.2) is 0 Å². The van der Waals surface area contributed by atoms with Crippen molar-refractivity contribution in [2.75, 3.05) is 26.2 Å². The summed E-state index contributed by atoms with van der Waals surface area (Å²) in [5, 5.41) is 31.2. The Bertz CT molecular complexity index is 493. The number of carboxylic acids is 3. The molecular formula is C15H22N2O6. The molecule has 2 rings (SSSR count). The van der Waals surface area contributed by atoms with Crippen molar-refractivity contribution in [2.45, 2.75) is 13.8 Å². The van der Waals surface area contributed by atoms with Crippen molar-refractivity contribution in [3.05, 3.63) is 34.9 Å². The Balaban J connectivity index is 0.000000398. The lowest BCUT2D eigenvalue weighted by Crippen LogP contribution is -2.39. The Labute approximate surface area is 134 Å². The number of carboxylic acid groups (broad SMARTS) is 3. The summed E-state index contributed by atoms with van der Waals surface area (Å²) in [7, 11) is 0. The lowest BCUT2D eigenvalue weighted by Gasteiger charge is -2.11. The van der Waals surface area contributed by atoms with E-state index in [0.29, 0.717) is 0 Å². The standard InChI is InChI=1S/C9H8O4.C4H10N2.C2H4O2/c1-5-6(8(10)11)3-2-4-7(5)9(12)13;1-2-6-4-3-5-1;1-2(3)4/h2-4H,1H3,(H,10,11)(H,12,13);5-6H,1-4H2;1H3,(H,3,4). The topological polar surface area (TPSA) is 136 Å². The van der Waals surface area contributed by atoms with Gasteiger partial charge in [0.05, 0.1) is 11.1 Å². The quantitative estimate of drug-likeness (QED) is 0.535. The minimum absolute atomic E-state index is 0.0277. The van der Waals surface area contributed by atoms with E-state index in [9.17, 15) is 9.59 Å². The third kappa shape index (κ3) is 9.22. The van der Waals surface area contributed by atoms with E-state index in [0.717, 1.165) is 33.1 Å². The summed E-state index contributed by atoms with van der Waals surface area (Å²) >= 11 is 0. The van der Waals surface area contributed by atoms with Crippen LogP contribution in [0.25, 0.3) is 0 Å². The van der Waals surface area contributed by atoms with Crippen molar-refractivity contribution >= 4 is 17.9 Å². The Morgan fingerprint density at radius 2 is 1.17 bits per heavy atom. The van der Waals surface area contributed by atoms with Gasteiger partial charge in [-0.25, -0.2) is 9.59 Å². The second-order valence-electron chi connectivity index (χ2n) is 4.61. The van der Waals surface area contributed by atoms with Crippen LogP contribution in [0.15, 0.2) is 18.2 Å². The minimum atomic E-state index is -1.11. The molecule has 0 atom stereocenters. The van der Waals surface area contributed by atoms with Gasteiger partial charge in [0.1, 0.15) is 0 Å². The molecule has 8 nitrogen and oxygen atoms in total. The van der Waals surface area contributed by atoms with Crippen LogP contribution >= 0.6 is 0 Å². The van der Waals surface area contributed by atoms with Crippen LogP contribution in [0.2, 0.25) is 0 Å². The molecule has 0 amide bonds. The lowest BCUT2D eigenvalue weighted by atomic mass is 10.0. The average Bonchev–Trinajstić information content (AvgIpc) is 2.48. The van der Waals surface area contributed by atoms with E-state index in [1.54, 1.807) is 0 Å². The monoisotopic (exact) mass is 326 g/mol. The first-order valence-corrected chi connectivity index (χ1v) is 6.94. The van der Waals surface area contributed by atoms with E-state index >= 15 is 0 Å². The zero-order chi connectivity index (χ0) is 17.8. The molecular weight excluding hydrogens is 304 g/mol. The van der Waals surface area contributed by atoms with Gasteiger partial charge in [0.2, 0.25) is 0 Å². The highest BCUT2D eigenvalue weighted by Crippen LogP contribution is 2.13. The Morgan fingerprint density at radius 3 is 1.39 bits per heavy atom. The van der Waals surface area contributed by atoms with E-state index in [-0.39, 0.29) is 16.7 Å². The maximum atomic E-state index is 10.6. The number of hydrogen-bond donors (Lipinski definition) is 5. The van der Waals surface area contributed by atoms with E-state index in [2.05, 4.69) is 10.6 Å². The molecule has 1 fully saturated rings. The molecule has 1 saturated heterocycles. The van der Waals surface area contributed by atoms with E-state index in [1.165, 1.54) is 25.1 Å². The fraction of sp³-hybridized carbons (Fsp3) is 0.400. The van der Waals surface area contributed by atoms with Crippen LogP contribution in [0.3, 0.4) is 0 Å². The molecule has 128 valence electrons. The molecule has 0 saturated carbocycles. The summed E-state index contributed by atoms with van der Waals surface area (Å²) in [6.45, 7) is 7.12. The maximum absolute atomic E-state index is 10.6. The molecule has 1 aliphatic heterocycles. The Kier molecular flexibility index (Phi) is 9.97. The van der Waals surface area contributed by atoms with Crippen LogP contribution in [0.5, 0.6) is 0 Å². The van der Waals surface area contributed by atoms with Gasteiger partial charge in [-0.1, -0.05) is 6.07 Å². The number of hydrogen-bond acceptors (Lipinski definition) is 5. The van der Waals surface area contributed by atoms with Crippen molar-refractivity contribution in [3.63, 3.8) is 0 Å². The first-order chi connectivity index (χ1) is 10.8. The lowest BCUT2D eigenvalue weighted by molar-refractivity contribution is -0.134. The van der Waals surface area contributed by atoms with Gasteiger partial charge >= 0.3 is 11.9 Å². The fourth-order valence-corrected chi connectivity index (χ4v) is 1.70. The van der Waals surface area contributed by atoms with Crippen LogP contribution < -0.4 is 10.6 Å². The van der Waals surface area contributed by atoms with Crippen LogP contribution in [0.1, 0.15) is 33.2 Å². The molecule has 1 aromatic rings. The molecule has 0 aromatic heterocycles. The predicted molar refractivity (Wildman–Crippen MR) is 84.1 cm³/mol. The normalized spacial score (nSPS) is 12.8. The van der Waals surface area contributed by atoms with Crippen molar-refractivity contribution in [2.24, 2.45) is 0 Å². The van der Waals surface area contributed by atoms with E-state index in [4.69, 9.17) is 20.1 Å². The summed E-state index contributed by atoms with van der Waals surface area (Å²) in [6.07, 6.45) is 0. The molecule has 1 heterocycles. The number of rotatable bonds is 2. The highest BCUT2D eigenvalue weighted by atomic mass is 16.4.